The Morgan fingerprint density at radius 1 is 0.543 bits per heavy atom. The number of carbonyl (C=O) groups excluding carboxylic acids is 2. The zero-order valence-electron chi connectivity index (χ0n) is 26.0. The van der Waals surface area contributed by atoms with Gasteiger partial charge in [-0.2, -0.15) is 0 Å². The van der Waals surface area contributed by atoms with Crippen molar-refractivity contribution >= 4 is 29.8 Å². The molecule has 4 atom stereocenters. The van der Waals surface area contributed by atoms with E-state index in [1.165, 1.54) is 48.5 Å². The second-order valence-electron chi connectivity index (χ2n) is 11.2. The number of carboxylic acids is 3. The molecule has 2 rings (SSSR count). The average Bonchev–Trinajstić information content (AvgIpc) is 3.04. The maximum Gasteiger partial charge on any atom is 0.338 e. The largest absolute Gasteiger partial charge is 0.481 e. The highest BCUT2D eigenvalue weighted by Gasteiger charge is 2.36. The van der Waals surface area contributed by atoms with Crippen LogP contribution in [0.5, 0.6) is 0 Å². The van der Waals surface area contributed by atoms with Gasteiger partial charge in [-0.05, 0) is 80.6 Å². The molecule has 0 aliphatic rings. The number of carboxylic acid groups (broad SMARTS) is 3. The predicted octanol–water partition coefficient (Wildman–Crippen LogP) is 5.34. The summed E-state index contributed by atoms with van der Waals surface area (Å²) in [5.41, 5.74) is 0.0442. The van der Waals surface area contributed by atoms with Gasteiger partial charge in [-0.15, -0.1) is 0 Å². The lowest BCUT2D eigenvalue weighted by molar-refractivity contribution is -0.137. The van der Waals surface area contributed by atoms with Gasteiger partial charge in [-0.25, -0.2) is 19.2 Å². The molecular formula is C34H44O12. The van der Waals surface area contributed by atoms with Crippen molar-refractivity contribution in [3.8, 4) is 0 Å². The molecule has 5 N–H and O–H groups in total. The molecule has 0 bridgehead atoms. The van der Waals surface area contributed by atoms with Crippen LogP contribution in [0.15, 0.2) is 48.5 Å². The molecule has 12 heteroatoms. The fraction of sp³-hybridized carbons (Fsp3) is 0.500. The van der Waals surface area contributed by atoms with Crippen LogP contribution in [-0.4, -0.2) is 79.8 Å². The van der Waals surface area contributed by atoms with Crippen LogP contribution in [0.4, 0.5) is 0 Å². The minimum absolute atomic E-state index is 0.0211. The van der Waals surface area contributed by atoms with Crippen LogP contribution in [0.2, 0.25) is 0 Å². The number of rotatable bonds is 22. The lowest BCUT2D eigenvalue weighted by Gasteiger charge is -2.31. The fourth-order valence-electron chi connectivity index (χ4n) is 4.87. The predicted molar refractivity (Wildman–Crippen MR) is 166 cm³/mol. The highest BCUT2D eigenvalue weighted by atomic mass is 16.6. The highest BCUT2D eigenvalue weighted by Crippen LogP contribution is 2.23. The minimum atomic E-state index is -1.66. The van der Waals surface area contributed by atoms with Crippen molar-refractivity contribution in [2.24, 2.45) is 0 Å². The number of aliphatic carboxylic acids is 1. The Hall–Kier alpha value is -4.29. The first-order chi connectivity index (χ1) is 21.9. The van der Waals surface area contributed by atoms with Crippen LogP contribution in [0, 0.1) is 0 Å². The molecule has 0 aliphatic heterocycles. The molecule has 12 nitrogen and oxygen atoms in total. The number of hydrogen-bond acceptors (Lipinski definition) is 9. The Kier molecular flexibility index (Phi) is 16.4. The van der Waals surface area contributed by atoms with Gasteiger partial charge in [0.05, 0.1) is 22.3 Å². The molecule has 0 radical (unpaired) electrons. The van der Waals surface area contributed by atoms with Gasteiger partial charge in [0, 0.05) is 6.42 Å². The van der Waals surface area contributed by atoms with Gasteiger partial charge in [0.15, 0.2) is 0 Å². The molecule has 4 unspecified atom stereocenters. The summed E-state index contributed by atoms with van der Waals surface area (Å²) in [6.07, 6.45) is 0.949. The molecule has 0 amide bonds. The van der Waals surface area contributed by atoms with Crippen LogP contribution in [0.3, 0.4) is 0 Å². The minimum Gasteiger partial charge on any atom is -0.481 e. The number of aliphatic hydroxyl groups excluding tert-OH is 2. The number of ether oxygens (including phenoxy) is 2. The topological polar surface area (TPSA) is 205 Å². The second-order valence-corrected chi connectivity index (χ2v) is 11.2. The molecule has 0 aliphatic carbocycles. The van der Waals surface area contributed by atoms with Crippen molar-refractivity contribution in [1.82, 2.24) is 0 Å². The molecule has 0 spiro atoms. The van der Waals surface area contributed by atoms with Crippen LogP contribution >= 0.6 is 0 Å². The third-order valence-corrected chi connectivity index (χ3v) is 7.59. The second kappa shape index (κ2) is 20.0. The van der Waals surface area contributed by atoms with Gasteiger partial charge in [0.25, 0.3) is 0 Å². The van der Waals surface area contributed by atoms with E-state index in [0.29, 0.717) is 38.5 Å². The van der Waals surface area contributed by atoms with Crippen molar-refractivity contribution < 1.29 is 59.0 Å². The molecule has 0 aromatic heterocycles. The molecular weight excluding hydrogens is 600 g/mol. The summed E-state index contributed by atoms with van der Waals surface area (Å²) in [7, 11) is 0. The Morgan fingerprint density at radius 2 is 0.891 bits per heavy atom. The zero-order chi connectivity index (χ0) is 34.1. The van der Waals surface area contributed by atoms with E-state index in [-0.39, 0.29) is 41.5 Å². The number of aliphatic hydroxyl groups is 2. The van der Waals surface area contributed by atoms with Crippen LogP contribution in [-0.2, 0) is 14.3 Å². The molecule has 0 fully saturated rings. The summed E-state index contributed by atoms with van der Waals surface area (Å²) in [6, 6.07) is 10.1. The first kappa shape index (κ1) is 37.9. The Labute approximate surface area is 268 Å². The maximum atomic E-state index is 13.0. The summed E-state index contributed by atoms with van der Waals surface area (Å²) in [5, 5.41) is 49.7. The Morgan fingerprint density at radius 3 is 1.26 bits per heavy atom. The van der Waals surface area contributed by atoms with Crippen molar-refractivity contribution in [2.45, 2.75) is 108 Å². The summed E-state index contributed by atoms with van der Waals surface area (Å²) in [5.74, 6) is -4.87. The molecule has 46 heavy (non-hydrogen) atoms. The van der Waals surface area contributed by atoms with E-state index >= 15 is 0 Å². The number of benzene rings is 2. The number of hydrogen-bond donors (Lipinski definition) is 5. The third kappa shape index (κ3) is 13.0. The molecule has 0 heterocycles. The van der Waals surface area contributed by atoms with Gasteiger partial charge in [0.2, 0.25) is 0 Å². The molecule has 2 aromatic carbocycles. The van der Waals surface area contributed by atoms with E-state index in [4.69, 9.17) is 24.8 Å². The highest BCUT2D eigenvalue weighted by molar-refractivity contribution is 5.93. The standard InChI is InChI=1S/C34H44O12/c1-2-3-4-8-11-26(45-33(43)24-18-14-22(15-19-24)31(39)40)29(37)30(38)27(12-9-6-5-7-10-13-28(35)36)46-34(44)25-20-16-23(17-21-25)32(41)42/h14-21,26-27,29-30,37-38H,2-13H2,1H3,(H,35,36)(H,39,40)(H,41,42). The van der Waals surface area contributed by atoms with Crippen molar-refractivity contribution in [2.75, 3.05) is 0 Å². The van der Waals surface area contributed by atoms with Crippen molar-refractivity contribution in [1.29, 1.82) is 0 Å². The summed E-state index contributed by atoms with van der Waals surface area (Å²) >= 11 is 0. The monoisotopic (exact) mass is 644 g/mol. The van der Waals surface area contributed by atoms with E-state index in [1.54, 1.807) is 0 Å². The first-order valence-corrected chi connectivity index (χ1v) is 15.6. The quantitative estimate of drug-likeness (QED) is 0.0813. The van der Waals surface area contributed by atoms with Gasteiger partial charge < -0.3 is 35.0 Å². The zero-order valence-corrected chi connectivity index (χ0v) is 26.0. The first-order valence-electron chi connectivity index (χ1n) is 15.6. The lowest BCUT2D eigenvalue weighted by atomic mass is 9.95. The normalized spacial score (nSPS) is 13.6. The van der Waals surface area contributed by atoms with E-state index in [0.717, 1.165) is 19.3 Å². The maximum absolute atomic E-state index is 13.0. The van der Waals surface area contributed by atoms with E-state index < -0.39 is 54.3 Å². The van der Waals surface area contributed by atoms with E-state index in [9.17, 15) is 34.2 Å². The third-order valence-electron chi connectivity index (χ3n) is 7.59. The van der Waals surface area contributed by atoms with Crippen molar-refractivity contribution in [3.63, 3.8) is 0 Å². The van der Waals surface area contributed by atoms with Gasteiger partial charge >= 0.3 is 29.8 Å². The average molecular weight is 645 g/mol. The Bertz CT molecular complexity index is 1270. The van der Waals surface area contributed by atoms with Crippen LogP contribution in [0.25, 0.3) is 0 Å². The molecule has 0 saturated heterocycles. The van der Waals surface area contributed by atoms with Gasteiger partial charge in [-0.1, -0.05) is 45.4 Å². The number of aromatic carboxylic acids is 2. The van der Waals surface area contributed by atoms with E-state index in [1.807, 2.05) is 6.92 Å². The van der Waals surface area contributed by atoms with Gasteiger partial charge in [-0.3, -0.25) is 4.79 Å². The SMILES string of the molecule is CCCCCCC(OC(=O)c1ccc(C(=O)O)cc1)C(O)C(O)C(CCCCCCCC(=O)O)OC(=O)c1ccc(C(=O)O)cc1. The number of esters is 2. The molecule has 2 aromatic rings. The van der Waals surface area contributed by atoms with Crippen LogP contribution < -0.4 is 0 Å². The van der Waals surface area contributed by atoms with Gasteiger partial charge in [0.1, 0.15) is 24.4 Å². The fourth-order valence-corrected chi connectivity index (χ4v) is 4.87. The number of carbonyl (C=O) groups is 5. The summed E-state index contributed by atoms with van der Waals surface area (Å²) in [6.45, 7) is 2.03. The lowest BCUT2D eigenvalue weighted by Crippen LogP contribution is -2.47. The van der Waals surface area contributed by atoms with E-state index in [2.05, 4.69) is 0 Å². The smallest absolute Gasteiger partial charge is 0.338 e. The number of unbranched alkanes of at least 4 members (excludes halogenated alkanes) is 7. The van der Waals surface area contributed by atoms with Crippen LogP contribution in [0.1, 0.15) is 125 Å². The molecule has 0 saturated carbocycles. The Balaban J connectivity index is 2.21. The van der Waals surface area contributed by atoms with Crippen molar-refractivity contribution in [3.05, 3.63) is 70.8 Å². The summed E-state index contributed by atoms with van der Waals surface area (Å²) in [4.78, 5) is 59.1. The molecule has 252 valence electrons. The summed E-state index contributed by atoms with van der Waals surface area (Å²) < 4.78 is 11.3.